The lowest BCUT2D eigenvalue weighted by molar-refractivity contribution is -0.384. The van der Waals surface area contributed by atoms with Gasteiger partial charge in [0.15, 0.2) is 0 Å². The Morgan fingerprint density at radius 2 is 2.05 bits per heavy atom. The minimum atomic E-state index is -0.665. The molecule has 1 aliphatic carbocycles. The van der Waals surface area contributed by atoms with Gasteiger partial charge in [-0.15, -0.1) is 0 Å². The number of nitrogens with zero attached hydrogens (tertiary/aromatic N) is 1. The molecule has 5 nitrogen and oxygen atoms in total. The van der Waals surface area contributed by atoms with Crippen molar-refractivity contribution in [2.24, 2.45) is 5.41 Å². The van der Waals surface area contributed by atoms with Crippen molar-refractivity contribution < 1.29 is 14.4 Å². The molecule has 0 aromatic heterocycles. The van der Waals surface area contributed by atoms with E-state index < -0.39 is 10.7 Å². The molecule has 116 valence electrons. The van der Waals surface area contributed by atoms with Crippen molar-refractivity contribution in [2.45, 2.75) is 32.1 Å². The molecule has 2 N–H and O–H groups in total. The van der Waals surface area contributed by atoms with E-state index in [1.165, 1.54) is 6.07 Å². The molecule has 2 rings (SSSR count). The second-order valence-electron chi connectivity index (χ2n) is 5.61. The Morgan fingerprint density at radius 3 is 2.62 bits per heavy atom. The van der Waals surface area contributed by atoms with Crippen molar-refractivity contribution in [1.82, 2.24) is 0 Å². The third kappa shape index (κ3) is 3.71. The smallest absolute Gasteiger partial charge is 0.295 e. The summed E-state index contributed by atoms with van der Waals surface area (Å²) in [5.74, 6) is -0.665. The van der Waals surface area contributed by atoms with Gasteiger partial charge in [-0.05, 0) is 34.8 Å². The van der Waals surface area contributed by atoms with Gasteiger partial charge in [0, 0.05) is 12.0 Å². The van der Waals surface area contributed by atoms with E-state index >= 15 is 0 Å². The molecular weight excluding hydrogens is 343 g/mol. The molecule has 1 saturated carbocycles. The number of hydrogen-bond acceptors (Lipinski definition) is 4. The predicted molar refractivity (Wildman–Crippen MR) is 81.8 cm³/mol. The number of nitrogens with one attached hydrogen (secondary N) is 1. The zero-order chi connectivity index (χ0) is 15.5. The molecule has 0 bridgehead atoms. The minimum Gasteiger partial charge on any atom is -0.396 e. The Morgan fingerprint density at radius 1 is 1.38 bits per heavy atom. The molecule has 0 spiro atoms. The summed E-state index contributed by atoms with van der Waals surface area (Å²) in [6.45, 7) is 0.499. The Hall–Kier alpha value is -1.21. The first-order valence-corrected chi connectivity index (χ1v) is 7.75. The van der Waals surface area contributed by atoms with Crippen LogP contribution in [0.5, 0.6) is 0 Å². The number of anilines is 1. The first-order valence-electron chi connectivity index (χ1n) is 6.96. The SMILES string of the molecule is O=[N+]([O-])c1cc(F)c(Br)cc1NCC1(CO)CCCCC1. The largest absolute Gasteiger partial charge is 0.396 e. The van der Waals surface area contributed by atoms with Crippen LogP contribution in [0.3, 0.4) is 0 Å². The standard InChI is InChI=1S/C14H18BrFN2O3/c15-10-6-12(13(18(20)21)7-11(10)16)17-8-14(9-19)4-2-1-3-5-14/h6-7,17,19H,1-5,8-9H2. The fraction of sp³-hybridized carbons (Fsp3) is 0.571. The fourth-order valence-corrected chi connectivity index (χ4v) is 3.15. The molecule has 0 amide bonds. The molecule has 7 heteroatoms. The Balaban J connectivity index is 2.18. The molecule has 0 aliphatic heterocycles. The number of halogens is 2. The van der Waals surface area contributed by atoms with Gasteiger partial charge in [0.2, 0.25) is 0 Å². The molecule has 1 aromatic rings. The monoisotopic (exact) mass is 360 g/mol. The van der Waals surface area contributed by atoms with Gasteiger partial charge in [0.05, 0.1) is 22.1 Å². The fourth-order valence-electron chi connectivity index (χ4n) is 2.80. The summed E-state index contributed by atoms with van der Waals surface area (Å²) in [5, 5.41) is 23.7. The Labute approximate surface area is 130 Å². The maximum Gasteiger partial charge on any atom is 0.295 e. The molecule has 0 atom stereocenters. The molecule has 0 heterocycles. The van der Waals surface area contributed by atoms with Gasteiger partial charge in [0.25, 0.3) is 5.69 Å². The quantitative estimate of drug-likeness (QED) is 0.617. The number of benzene rings is 1. The highest BCUT2D eigenvalue weighted by Gasteiger charge is 2.32. The van der Waals surface area contributed by atoms with Crippen LogP contribution in [-0.2, 0) is 0 Å². The second kappa shape index (κ2) is 6.70. The Kier molecular flexibility index (Phi) is 5.16. The van der Waals surface area contributed by atoms with E-state index in [0.29, 0.717) is 6.54 Å². The zero-order valence-electron chi connectivity index (χ0n) is 11.6. The molecule has 0 unspecified atom stereocenters. The van der Waals surface area contributed by atoms with E-state index in [9.17, 15) is 19.6 Å². The van der Waals surface area contributed by atoms with E-state index in [0.717, 1.165) is 38.2 Å². The van der Waals surface area contributed by atoms with E-state index in [1.54, 1.807) is 0 Å². The highest BCUT2D eigenvalue weighted by molar-refractivity contribution is 9.10. The molecule has 21 heavy (non-hydrogen) atoms. The first-order chi connectivity index (χ1) is 9.97. The number of aliphatic hydroxyl groups excluding tert-OH is 1. The van der Waals surface area contributed by atoms with Gasteiger partial charge in [-0.3, -0.25) is 10.1 Å². The minimum absolute atomic E-state index is 0.0517. The maximum atomic E-state index is 13.4. The van der Waals surface area contributed by atoms with Gasteiger partial charge in [-0.2, -0.15) is 0 Å². The second-order valence-corrected chi connectivity index (χ2v) is 6.47. The van der Waals surface area contributed by atoms with Crippen LogP contribution >= 0.6 is 15.9 Å². The normalized spacial score (nSPS) is 17.5. The summed E-state index contributed by atoms with van der Waals surface area (Å²) < 4.78 is 13.6. The average molecular weight is 361 g/mol. The van der Waals surface area contributed by atoms with Gasteiger partial charge in [-0.1, -0.05) is 19.3 Å². The summed E-state index contributed by atoms with van der Waals surface area (Å²) in [4.78, 5) is 10.4. The average Bonchev–Trinajstić information content (AvgIpc) is 2.48. The number of rotatable bonds is 5. The highest BCUT2D eigenvalue weighted by atomic mass is 79.9. The highest BCUT2D eigenvalue weighted by Crippen LogP contribution is 2.37. The third-order valence-corrected chi connectivity index (χ3v) is 4.75. The molecule has 0 saturated heterocycles. The van der Waals surface area contributed by atoms with Crippen molar-refractivity contribution in [3.63, 3.8) is 0 Å². The van der Waals surface area contributed by atoms with Crippen LogP contribution in [0.1, 0.15) is 32.1 Å². The van der Waals surface area contributed by atoms with Gasteiger partial charge in [-0.25, -0.2) is 4.39 Å². The van der Waals surface area contributed by atoms with Crippen LogP contribution in [0.15, 0.2) is 16.6 Å². The van der Waals surface area contributed by atoms with E-state index in [2.05, 4.69) is 21.2 Å². The van der Waals surface area contributed by atoms with Crippen molar-refractivity contribution in [2.75, 3.05) is 18.5 Å². The van der Waals surface area contributed by atoms with Crippen LogP contribution < -0.4 is 5.32 Å². The van der Waals surface area contributed by atoms with Crippen molar-refractivity contribution >= 4 is 27.3 Å². The van der Waals surface area contributed by atoms with Crippen LogP contribution in [-0.4, -0.2) is 23.2 Å². The van der Waals surface area contributed by atoms with Crippen LogP contribution in [0.25, 0.3) is 0 Å². The summed E-state index contributed by atoms with van der Waals surface area (Å²) in [6.07, 6.45) is 5.05. The van der Waals surface area contributed by atoms with E-state index in [-0.39, 0.29) is 27.9 Å². The summed E-state index contributed by atoms with van der Waals surface area (Å²) in [6, 6.07) is 2.28. The lowest BCUT2D eigenvalue weighted by Gasteiger charge is -2.35. The number of nitro groups is 1. The molecule has 1 aliphatic rings. The number of nitro benzene ring substituents is 1. The molecule has 1 fully saturated rings. The van der Waals surface area contributed by atoms with Gasteiger partial charge < -0.3 is 10.4 Å². The van der Waals surface area contributed by atoms with Gasteiger partial charge >= 0.3 is 0 Å². The molecule has 0 radical (unpaired) electrons. The number of hydrogen-bond donors (Lipinski definition) is 2. The van der Waals surface area contributed by atoms with Crippen molar-refractivity contribution in [3.05, 3.63) is 32.5 Å². The van der Waals surface area contributed by atoms with Crippen molar-refractivity contribution in [1.29, 1.82) is 0 Å². The Bertz CT molecular complexity index is 533. The van der Waals surface area contributed by atoms with Crippen LogP contribution in [0.2, 0.25) is 0 Å². The third-order valence-electron chi connectivity index (χ3n) is 4.14. The summed E-state index contributed by atoms with van der Waals surface area (Å²) >= 11 is 3.04. The zero-order valence-corrected chi connectivity index (χ0v) is 13.2. The number of aliphatic hydroxyl groups is 1. The molecular formula is C14H18BrFN2O3. The maximum absolute atomic E-state index is 13.4. The van der Waals surface area contributed by atoms with Gasteiger partial charge in [0.1, 0.15) is 11.5 Å². The summed E-state index contributed by atoms with van der Waals surface area (Å²) in [5.41, 5.74) is -0.265. The lowest BCUT2D eigenvalue weighted by Crippen LogP contribution is -2.35. The summed E-state index contributed by atoms with van der Waals surface area (Å²) in [7, 11) is 0. The predicted octanol–water partition coefficient (Wildman–Crippen LogP) is 3.85. The van der Waals surface area contributed by atoms with Crippen LogP contribution in [0, 0.1) is 21.3 Å². The van der Waals surface area contributed by atoms with Crippen molar-refractivity contribution in [3.8, 4) is 0 Å². The topological polar surface area (TPSA) is 75.4 Å². The first kappa shape index (κ1) is 16.2. The van der Waals surface area contributed by atoms with E-state index in [4.69, 9.17) is 0 Å². The lowest BCUT2D eigenvalue weighted by atomic mass is 9.74. The molecule has 1 aromatic carbocycles. The van der Waals surface area contributed by atoms with E-state index in [1.807, 2.05) is 0 Å². The van der Waals surface area contributed by atoms with Crippen LogP contribution in [0.4, 0.5) is 15.8 Å².